The average molecular weight is 362 g/mol. The van der Waals surface area contributed by atoms with Gasteiger partial charge in [0.15, 0.2) is 0 Å². The molecular formula is C19H30N4O3. The normalized spacial score (nSPS) is 16.3. The van der Waals surface area contributed by atoms with Gasteiger partial charge in [-0.2, -0.15) is 0 Å². The van der Waals surface area contributed by atoms with Gasteiger partial charge in [0.05, 0.1) is 6.54 Å². The Balaban J connectivity index is 1.90. The number of ether oxygens (including phenoxy) is 1. The van der Waals surface area contributed by atoms with E-state index in [0.29, 0.717) is 24.3 Å². The van der Waals surface area contributed by atoms with Crippen molar-refractivity contribution in [3.05, 3.63) is 29.3 Å². The summed E-state index contributed by atoms with van der Waals surface area (Å²) in [6.07, 6.45) is 0. The number of anilines is 1. The molecule has 1 aliphatic rings. The first-order chi connectivity index (χ1) is 12.2. The van der Waals surface area contributed by atoms with Crippen LogP contribution in [0.15, 0.2) is 18.2 Å². The third-order valence-corrected chi connectivity index (χ3v) is 4.23. The molecule has 3 N–H and O–H groups in total. The maximum atomic E-state index is 12.0. The molecule has 0 atom stereocenters. The lowest BCUT2D eigenvalue weighted by Crippen LogP contribution is -2.48. The maximum Gasteiger partial charge on any atom is 0.320 e. The maximum absolute atomic E-state index is 12.0. The predicted molar refractivity (Wildman–Crippen MR) is 102 cm³/mol. The van der Waals surface area contributed by atoms with E-state index in [0.717, 1.165) is 31.7 Å². The van der Waals surface area contributed by atoms with E-state index < -0.39 is 5.60 Å². The van der Waals surface area contributed by atoms with Gasteiger partial charge >= 0.3 is 5.97 Å². The third kappa shape index (κ3) is 6.00. The highest BCUT2D eigenvalue weighted by molar-refractivity contribution is 5.95. The summed E-state index contributed by atoms with van der Waals surface area (Å²) in [5.41, 5.74) is 7.66. The molecule has 0 bridgehead atoms. The van der Waals surface area contributed by atoms with Crippen molar-refractivity contribution in [2.24, 2.45) is 0 Å². The van der Waals surface area contributed by atoms with Crippen LogP contribution < -0.4 is 11.1 Å². The summed E-state index contributed by atoms with van der Waals surface area (Å²) >= 11 is 0. The Morgan fingerprint density at radius 2 is 1.77 bits per heavy atom. The van der Waals surface area contributed by atoms with Crippen LogP contribution in [-0.2, 0) is 16.1 Å². The van der Waals surface area contributed by atoms with Gasteiger partial charge in [-0.25, -0.2) is 0 Å². The fraction of sp³-hybridized carbons (Fsp3) is 0.579. The molecule has 0 saturated carbocycles. The number of nitrogens with one attached hydrogen (secondary N) is 1. The Kier molecular flexibility index (Phi) is 6.61. The minimum atomic E-state index is -0.456. The molecule has 1 saturated heterocycles. The van der Waals surface area contributed by atoms with Crippen molar-refractivity contribution < 1.29 is 14.3 Å². The van der Waals surface area contributed by atoms with Gasteiger partial charge in [-0.15, -0.1) is 0 Å². The van der Waals surface area contributed by atoms with Crippen molar-refractivity contribution in [1.82, 2.24) is 15.1 Å². The number of nitrogens with zero attached hydrogens (tertiary/aromatic N) is 2. The van der Waals surface area contributed by atoms with E-state index in [-0.39, 0.29) is 11.9 Å². The first kappa shape index (κ1) is 20.2. The van der Waals surface area contributed by atoms with Crippen molar-refractivity contribution in [2.75, 3.05) is 45.5 Å². The number of hydrogen-bond acceptors (Lipinski definition) is 6. The molecule has 0 radical (unpaired) electrons. The van der Waals surface area contributed by atoms with Crippen LogP contribution in [0.3, 0.4) is 0 Å². The van der Waals surface area contributed by atoms with Crippen molar-refractivity contribution >= 4 is 17.6 Å². The number of esters is 1. The summed E-state index contributed by atoms with van der Waals surface area (Å²) in [6, 6.07) is 5.37. The van der Waals surface area contributed by atoms with E-state index in [1.165, 1.54) is 0 Å². The molecular weight excluding hydrogens is 332 g/mol. The van der Waals surface area contributed by atoms with Crippen LogP contribution in [0.1, 0.15) is 36.7 Å². The standard InChI is InChI=1S/C19H30N4O3/c1-19(2,3)26-17(24)13-23-9-7-22(8-10-23)12-14-11-15(20)5-6-16(14)18(25)21-4/h5-6,11H,7-10,12-13,20H2,1-4H3,(H,21,25). The molecule has 1 amide bonds. The molecule has 0 spiro atoms. The fourth-order valence-electron chi connectivity index (χ4n) is 3.00. The Morgan fingerprint density at radius 3 is 2.35 bits per heavy atom. The molecule has 144 valence electrons. The van der Waals surface area contributed by atoms with Crippen LogP contribution in [0.5, 0.6) is 0 Å². The second-order valence-corrected chi connectivity index (χ2v) is 7.63. The average Bonchev–Trinajstić information content (AvgIpc) is 2.54. The lowest BCUT2D eigenvalue weighted by Gasteiger charge is -2.34. The molecule has 0 unspecified atom stereocenters. The molecule has 2 rings (SSSR count). The van der Waals surface area contributed by atoms with E-state index in [2.05, 4.69) is 15.1 Å². The second kappa shape index (κ2) is 8.51. The van der Waals surface area contributed by atoms with E-state index in [4.69, 9.17) is 10.5 Å². The number of amides is 1. The van der Waals surface area contributed by atoms with Gasteiger partial charge in [0.25, 0.3) is 5.91 Å². The number of nitrogen functional groups attached to an aromatic ring is 1. The van der Waals surface area contributed by atoms with Gasteiger partial charge in [0.1, 0.15) is 5.60 Å². The fourth-order valence-corrected chi connectivity index (χ4v) is 3.00. The smallest absolute Gasteiger partial charge is 0.320 e. The summed E-state index contributed by atoms with van der Waals surface area (Å²) in [7, 11) is 1.62. The molecule has 1 aromatic carbocycles. The lowest BCUT2D eigenvalue weighted by molar-refractivity contribution is -0.156. The van der Waals surface area contributed by atoms with Crippen LogP contribution in [0.2, 0.25) is 0 Å². The van der Waals surface area contributed by atoms with Gasteiger partial charge in [-0.05, 0) is 44.5 Å². The molecule has 7 nitrogen and oxygen atoms in total. The quantitative estimate of drug-likeness (QED) is 0.602. The first-order valence-electron chi connectivity index (χ1n) is 8.95. The zero-order chi connectivity index (χ0) is 19.3. The van der Waals surface area contributed by atoms with Crippen molar-refractivity contribution in [2.45, 2.75) is 32.9 Å². The van der Waals surface area contributed by atoms with Crippen LogP contribution in [0, 0.1) is 0 Å². The van der Waals surface area contributed by atoms with Crippen LogP contribution >= 0.6 is 0 Å². The number of carbonyl (C=O) groups excluding carboxylic acids is 2. The van der Waals surface area contributed by atoms with E-state index in [9.17, 15) is 9.59 Å². The predicted octanol–water partition coefficient (Wildman–Crippen LogP) is 1.09. The molecule has 1 fully saturated rings. The highest BCUT2D eigenvalue weighted by atomic mass is 16.6. The van der Waals surface area contributed by atoms with Crippen LogP contribution in [0.4, 0.5) is 5.69 Å². The van der Waals surface area contributed by atoms with E-state index in [1.807, 2.05) is 26.8 Å². The Hall–Kier alpha value is -2.12. The Morgan fingerprint density at radius 1 is 1.15 bits per heavy atom. The number of benzene rings is 1. The summed E-state index contributed by atoms with van der Waals surface area (Å²) in [5, 5.41) is 2.67. The van der Waals surface area contributed by atoms with E-state index >= 15 is 0 Å². The molecule has 26 heavy (non-hydrogen) atoms. The largest absolute Gasteiger partial charge is 0.459 e. The van der Waals surface area contributed by atoms with Gasteiger partial charge in [-0.3, -0.25) is 19.4 Å². The topological polar surface area (TPSA) is 87.9 Å². The molecule has 1 aromatic rings. The zero-order valence-corrected chi connectivity index (χ0v) is 16.2. The van der Waals surface area contributed by atoms with Crippen molar-refractivity contribution in [3.63, 3.8) is 0 Å². The third-order valence-electron chi connectivity index (χ3n) is 4.23. The summed E-state index contributed by atoms with van der Waals surface area (Å²) in [5.74, 6) is -0.299. The zero-order valence-electron chi connectivity index (χ0n) is 16.2. The molecule has 1 aliphatic heterocycles. The number of nitrogens with two attached hydrogens (primary N) is 1. The van der Waals surface area contributed by atoms with Gasteiger partial charge in [0, 0.05) is 51.0 Å². The number of piperazine rings is 1. The van der Waals surface area contributed by atoms with Crippen LogP contribution in [-0.4, -0.2) is 67.0 Å². The Bertz CT molecular complexity index is 647. The van der Waals surface area contributed by atoms with Crippen LogP contribution in [0.25, 0.3) is 0 Å². The minimum Gasteiger partial charge on any atom is -0.459 e. The minimum absolute atomic E-state index is 0.108. The number of carbonyl (C=O) groups is 2. The van der Waals surface area contributed by atoms with Crippen molar-refractivity contribution in [1.29, 1.82) is 0 Å². The van der Waals surface area contributed by atoms with Crippen molar-refractivity contribution in [3.8, 4) is 0 Å². The second-order valence-electron chi connectivity index (χ2n) is 7.63. The van der Waals surface area contributed by atoms with Gasteiger partial charge in [-0.1, -0.05) is 0 Å². The highest BCUT2D eigenvalue weighted by Gasteiger charge is 2.23. The summed E-state index contributed by atoms with van der Waals surface area (Å²) in [4.78, 5) is 28.4. The highest BCUT2D eigenvalue weighted by Crippen LogP contribution is 2.17. The van der Waals surface area contributed by atoms with Gasteiger partial charge < -0.3 is 15.8 Å². The summed E-state index contributed by atoms with van der Waals surface area (Å²) in [6.45, 7) is 9.82. The SMILES string of the molecule is CNC(=O)c1ccc(N)cc1CN1CCN(CC(=O)OC(C)(C)C)CC1. The molecule has 0 aromatic heterocycles. The first-order valence-corrected chi connectivity index (χ1v) is 8.95. The molecule has 7 heteroatoms. The number of hydrogen-bond donors (Lipinski definition) is 2. The number of rotatable bonds is 5. The summed E-state index contributed by atoms with van der Waals surface area (Å²) < 4.78 is 5.38. The van der Waals surface area contributed by atoms with Gasteiger partial charge in [0.2, 0.25) is 0 Å². The van der Waals surface area contributed by atoms with E-state index in [1.54, 1.807) is 19.2 Å². The molecule has 0 aliphatic carbocycles. The lowest BCUT2D eigenvalue weighted by atomic mass is 10.0. The monoisotopic (exact) mass is 362 g/mol. The molecule has 1 heterocycles. The Labute approximate surface area is 155 Å².